The first-order chi connectivity index (χ1) is 17.4. The zero-order chi connectivity index (χ0) is 27.0. The number of methoxy groups -OCH3 is 1. The highest BCUT2D eigenvalue weighted by molar-refractivity contribution is 7.90. The Balaban J connectivity index is 1.82. The van der Waals surface area contributed by atoms with Gasteiger partial charge in [0.15, 0.2) is 4.90 Å². The fourth-order valence-corrected chi connectivity index (χ4v) is 5.84. The molecular weight excluding hydrogens is 496 g/mol. The lowest BCUT2D eigenvalue weighted by Gasteiger charge is -2.34. The van der Waals surface area contributed by atoms with Crippen LogP contribution >= 0.6 is 0 Å². The number of carbonyl (C=O) groups excluding carboxylic acids is 1. The normalized spacial score (nSPS) is 17.0. The van der Waals surface area contributed by atoms with Gasteiger partial charge in [-0.05, 0) is 74.2 Å². The number of carbonyl (C=O) groups is 1. The van der Waals surface area contributed by atoms with E-state index in [-0.39, 0.29) is 17.7 Å². The zero-order valence-corrected chi connectivity index (χ0v) is 21.9. The van der Waals surface area contributed by atoms with Crippen molar-refractivity contribution in [2.24, 2.45) is 5.92 Å². The van der Waals surface area contributed by atoms with E-state index in [2.05, 4.69) is 11.9 Å². The van der Waals surface area contributed by atoms with E-state index >= 15 is 0 Å². The summed E-state index contributed by atoms with van der Waals surface area (Å²) >= 11 is 0. The maximum atomic E-state index is 13.3. The first-order valence-corrected chi connectivity index (χ1v) is 13.3. The summed E-state index contributed by atoms with van der Waals surface area (Å²) in [5, 5.41) is 9.67. The molecule has 3 heterocycles. The second-order valence-electron chi connectivity index (χ2n) is 9.83. The van der Waals surface area contributed by atoms with Gasteiger partial charge in [0, 0.05) is 23.8 Å². The predicted molar refractivity (Wildman–Crippen MR) is 139 cm³/mol. The van der Waals surface area contributed by atoms with E-state index in [9.17, 15) is 23.1 Å². The monoisotopic (exact) mass is 526 g/mol. The van der Waals surface area contributed by atoms with Gasteiger partial charge >= 0.3 is 0 Å². The van der Waals surface area contributed by atoms with Crippen molar-refractivity contribution in [1.29, 1.82) is 0 Å². The fraction of sp³-hybridized carbons (Fsp3) is 0.346. The van der Waals surface area contributed by atoms with Crippen LogP contribution in [0.5, 0.6) is 5.75 Å². The second kappa shape index (κ2) is 9.98. The van der Waals surface area contributed by atoms with Crippen LogP contribution in [0.3, 0.4) is 0 Å². The average molecular weight is 527 g/mol. The summed E-state index contributed by atoms with van der Waals surface area (Å²) in [7, 11) is -2.91. The zero-order valence-electron chi connectivity index (χ0n) is 21.1. The number of aliphatic hydroxyl groups is 1. The van der Waals surface area contributed by atoms with Gasteiger partial charge in [-0.15, -0.1) is 0 Å². The van der Waals surface area contributed by atoms with E-state index in [1.807, 2.05) is 23.5 Å². The van der Waals surface area contributed by atoms with Gasteiger partial charge in [0.1, 0.15) is 11.6 Å². The predicted octanol–water partition coefficient (Wildman–Crippen LogP) is 2.68. The largest absolute Gasteiger partial charge is 0.497 e. The third-order valence-corrected chi connectivity index (χ3v) is 7.78. The Morgan fingerprint density at radius 3 is 2.65 bits per heavy atom. The highest BCUT2D eigenvalue weighted by Crippen LogP contribution is 2.38. The minimum atomic E-state index is -4.43. The maximum Gasteiger partial charge on any atom is 0.269 e. The minimum Gasteiger partial charge on any atom is -0.497 e. The maximum absolute atomic E-state index is 13.3. The number of aromatic amines is 1. The average Bonchev–Trinajstić information content (AvgIpc) is 3.14. The van der Waals surface area contributed by atoms with E-state index < -0.39 is 26.4 Å². The third-order valence-electron chi connectivity index (χ3n) is 6.43. The molecule has 3 aromatic rings. The Kier molecular flexibility index (Phi) is 7.11. The van der Waals surface area contributed by atoms with Crippen LogP contribution in [0.4, 0.5) is 5.82 Å². The number of nitrogens with zero attached hydrogens (tertiary/aromatic N) is 2. The molecule has 0 saturated carbocycles. The summed E-state index contributed by atoms with van der Waals surface area (Å²) in [6.07, 6.45) is 2.16. The molecule has 1 aliphatic rings. The van der Waals surface area contributed by atoms with Crippen molar-refractivity contribution in [1.82, 2.24) is 14.7 Å². The summed E-state index contributed by atoms with van der Waals surface area (Å²) in [4.78, 5) is 34.0. The molecule has 4 rings (SSSR count). The van der Waals surface area contributed by atoms with Crippen LogP contribution in [0.15, 0.2) is 58.4 Å². The number of ether oxygens (including phenoxy) is 1. The first kappa shape index (κ1) is 26.4. The summed E-state index contributed by atoms with van der Waals surface area (Å²) in [5.74, 6) is 0.297. The number of aromatic nitrogens is 2. The van der Waals surface area contributed by atoms with Gasteiger partial charge in [-0.1, -0.05) is 6.92 Å². The number of rotatable bonds is 7. The lowest BCUT2D eigenvalue weighted by molar-refractivity contribution is 0.0981. The smallest absolute Gasteiger partial charge is 0.269 e. The van der Waals surface area contributed by atoms with Gasteiger partial charge in [0.2, 0.25) is 0 Å². The molecule has 1 atom stereocenters. The lowest BCUT2D eigenvalue weighted by atomic mass is 9.97. The highest BCUT2D eigenvalue weighted by atomic mass is 32.2. The van der Waals surface area contributed by atoms with E-state index in [1.165, 1.54) is 25.4 Å². The Morgan fingerprint density at radius 1 is 1.27 bits per heavy atom. The molecular formula is C26H30N4O6S. The molecule has 1 aliphatic heterocycles. The number of benzene rings is 1. The number of H-pyrrole nitrogens is 1. The van der Waals surface area contributed by atoms with Gasteiger partial charge in [-0.25, -0.2) is 18.1 Å². The third kappa shape index (κ3) is 5.37. The summed E-state index contributed by atoms with van der Waals surface area (Å²) in [6.45, 7) is 6.62. The van der Waals surface area contributed by atoms with Gasteiger partial charge in [-0.3, -0.25) is 9.59 Å². The number of anilines is 1. The van der Waals surface area contributed by atoms with Crippen molar-refractivity contribution in [2.75, 3.05) is 18.6 Å². The van der Waals surface area contributed by atoms with Crippen LogP contribution in [-0.4, -0.2) is 48.6 Å². The number of nitrogens with one attached hydrogen (secondary N) is 2. The topological polar surface area (TPSA) is 142 Å². The summed E-state index contributed by atoms with van der Waals surface area (Å²) in [5.41, 5.74) is 0.716. The first-order valence-electron chi connectivity index (χ1n) is 11.8. The molecule has 10 nitrogen and oxygen atoms in total. The SMILES string of the molecule is COc1cc(CO)cc(-c2ccc(C(=O)NS(=O)(=O)c3ccc[nH]c3=O)c(N3C[C@@H](C)CC3(C)C)n2)c1. The standard InChI is InChI=1S/C26H30N4O6S/c1-16-13-26(2,3)30(14-16)23-20(24(32)29-37(34,35)22-6-5-9-27-25(22)33)7-8-21(28-23)18-10-17(15-31)11-19(12-18)36-4/h5-12,16,31H,13-15H2,1-4H3,(H,27,33)(H,29,32)/t16-/m0/s1. The Labute approximate surface area is 215 Å². The highest BCUT2D eigenvalue weighted by Gasteiger charge is 2.39. The molecule has 196 valence electrons. The Morgan fingerprint density at radius 2 is 2.03 bits per heavy atom. The number of amides is 1. The van der Waals surface area contributed by atoms with Crippen molar-refractivity contribution in [2.45, 2.75) is 44.2 Å². The van der Waals surface area contributed by atoms with Crippen LogP contribution in [0.25, 0.3) is 11.3 Å². The van der Waals surface area contributed by atoms with Crippen LogP contribution in [-0.2, 0) is 16.6 Å². The quantitative estimate of drug-likeness (QED) is 0.427. The molecule has 1 saturated heterocycles. The molecule has 1 aromatic carbocycles. The number of sulfonamides is 1. The molecule has 1 amide bonds. The molecule has 2 aromatic heterocycles. The summed E-state index contributed by atoms with van der Waals surface area (Å²) < 4.78 is 33.1. The number of hydrogen-bond donors (Lipinski definition) is 3. The molecule has 0 spiro atoms. The lowest BCUT2D eigenvalue weighted by Crippen LogP contribution is -2.41. The number of pyridine rings is 2. The van der Waals surface area contributed by atoms with Crippen LogP contribution in [0, 0.1) is 5.92 Å². The van der Waals surface area contributed by atoms with Gasteiger partial charge < -0.3 is 19.7 Å². The summed E-state index contributed by atoms with van der Waals surface area (Å²) in [6, 6.07) is 10.9. The fourth-order valence-electron chi connectivity index (χ4n) is 4.82. The molecule has 0 bridgehead atoms. The van der Waals surface area contributed by atoms with E-state index in [0.717, 1.165) is 12.5 Å². The van der Waals surface area contributed by atoms with Crippen molar-refractivity contribution >= 4 is 21.7 Å². The van der Waals surface area contributed by atoms with E-state index in [0.29, 0.717) is 40.9 Å². The van der Waals surface area contributed by atoms with Crippen molar-refractivity contribution in [3.63, 3.8) is 0 Å². The van der Waals surface area contributed by atoms with Gasteiger partial charge in [0.05, 0.1) is 25.0 Å². The molecule has 11 heteroatoms. The molecule has 1 fully saturated rings. The molecule has 0 unspecified atom stereocenters. The Bertz CT molecular complexity index is 1480. The second-order valence-corrected chi connectivity index (χ2v) is 11.5. The van der Waals surface area contributed by atoms with E-state index in [1.54, 1.807) is 24.3 Å². The van der Waals surface area contributed by atoms with Crippen LogP contribution < -0.4 is 19.9 Å². The molecule has 0 radical (unpaired) electrons. The minimum absolute atomic E-state index is 0.0622. The van der Waals surface area contributed by atoms with E-state index in [4.69, 9.17) is 9.72 Å². The van der Waals surface area contributed by atoms with Crippen molar-refractivity contribution in [3.8, 4) is 17.0 Å². The van der Waals surface area contributed by atoms with Gasteiger partial charge in [0.25, 0.3) is 21.5 Å². The van der Waals surface area contributed by atoms with Crippen LogP contribution in [0.1, 0.15) is 43.1 Å². The number of aliphatic hydroxyl groups excluding tert-OH is 1. The molecule has 0 aliphatic carbocycles. The van der Waals surface area contributed by atoms with Gasteiger partial charge in [-0.2, -0.15) is 0 Å². The Hall–Kier alpha value is -3.70. The molecule has 3 N–H and O–H groups in total. The van der Waals surface area contributed by atoms with Crippen LogP contribution in [0.2, 0.25) is 0 Å². The van der Waals surface area contributed by atoms with Crippen molar-refractivity contribution in [3.05, 3.63) is 70.1 Å². The number of hydrogen-bond acceptors (Lipinski definition) is 8. The molecule has 37 heavy (non-hydrogen) atoms. The van der Waals surface area contributed by atoms with Crippen molar-refractivity contribution < 1.29 is 23.1 Å².